The summed E-state index contributed by atoms with van der Waals surface area (Å²) < 4.78 is 9.53. The Morgan fingerprint density at radius 3 is 2.54 bits per heavy atom. The van der Waals surface area contributed by atoms with Crippen molar-refractivity contribution in [1.29, 1.82) is 0 Å². The van der Waals surface area contributed by atoms with Crippen molar-refractivity contribution in [2.75, 3.05) is 13.7 Å². The highest BCUT2D eigenvalue weighted by Gasteiger charge is 2.43. The van der Waals surface area contributed by atoms with Crippen molar-refractivity contribution in [2.24, 2.45) is 0 Å². The number of carbonyl (C=O) groups is 1. The smallest absolute Gasteiger partial charge is 0.197 e. The van der Waals surface area contributed by atoms with Gasteiger partial charge in [-0.15, -0.1) is 0 Å². The van der Waals surface area contributed by atoms with Crippen molar-refractivity contribution < 1.29 is 29.6 Å². The second kappa shape index (κ2) is 4.12. The van der Waals surface area contributed by atoms with E-state index >= 15 is 0 Å². The number of carbonyl (C=O) groups excluding carboxylic acids is 1. The average Bonchev–Trinajstić information content (AvgIpc) is 2.15. The number of aliphatic hydroxyl groups is 3. The minimum atomic E-state index is -1.50. The van der Waals surface area contributed by atoms with Gasteiger partial charge in [-0.3, -0.25) is 4.79 Å². The molecule has 1 fully saturated rings. The van der Waals surface area contributed by atoms with Crippen molar-refractivity contribution in [3.63, 3.8) is 0 Å². The van der Waals surface area contributed by atoms with Crippen LogP contribution in [-0.2, 0) is 14.3 Å². The van der Waals surface area contributed by atoms with E-state index in [0.29, 0.717) is 0 Å². The third kappa shape index (κ3) is 1.87. The Morgan fingerprint density at radius 2 is 2.08 bits per heavy atom. The van der Waals surface area contributed by atoms with E-state index < -0.39 is 37.0 Å². The summed E-state index contributed by atoms with van der Waals surface area (Å²) in [5.74, 6) is -0.794. The predicted octanol–water partition coefficient (Wildman–Crippen LogP) is -2.36. The molecule has 6 heteroatoms. The molecule has 0 spiro atoms. The summed E-state index contributed by atoms with van der Waals surface area (Å²) in [5.41, 5.74) is 0. The lowest BCUT2D eigenvalue weighted by Gasteiger charge is -2.34. The Hall–Kier alpha value is -0.530. The van der Waals surface area contributed by atoms with Crippen LogP contribution in [0.3, 0.4) is 0 Å². The van der Waals surface area contributed by atoms with Crippen LogP contribution in [-0.4, -0.2) is 59.4 Å². The van der Waals surface area contributed by atoms with Crippen LogP contribution in [0.4, 0.5) is 0 Å². The summed E-state index contributed by atoms with van der Waals surface area (Å²) in [6.45, 7) is -0.501. The van der Waals surface area contributed by atoms with Crippen LogP contribution in [0, 0.1) is 0 Å². The molecule has 0 saturated carbocycles. The van der Waals surface area contributed by atoms with Gasteiger partial charge in [0.2, 0.25) is 0 Å². The predicted molar refractivity (Wildman–Crippen MR) is 39.8 cm³/mol. The molecule has 1 heterocycles. The number of Topliss-reactive ketones (excluding diaryl/α,β-unsaturated/α-hetero) is 1. The summed E-state index contributed by atoms with van der Waals surface area (Å²) in [6, 6.07) is 0. The van der Waals surface area contributed by atoms with Gasteiger partial charge in [0.05, 0.1) is 6.61 Å². The second-order valence-electron chi connectivity index (χ2n) is 2.75. The number of rotatable bonds is 2. The molecule has 0 aromatic rings. The van der Waals surface area contributed by atoms with Crippen molar-refractivity contribution in [3.05, 3.63) is 0 Å². The van der Waals surface area contributed by atoms with E-state index in [1.165, 1.54) is 7.11 Å². The monoisotopic (exact) mass is 192 g/mol. The summed E-state index contributed by atoms with van der Waals surface area (Å²) in [4.78, 5) is 11.1. The molecule has 0 unspecified atom stereocenters. The number of hydrogen-bond acceptors (Lipinski definition) is 6. The number of ketones is 1. The number of methoxy groups -OCH3 is 1. The Morgan fingerprint density at radius 1 is 1.46 bits per heavy atom. The van der Waals surface area contributed by atoms with Crippen LogP contribution in [0.25, 0.3) is 0 Å². The molecule has 1 aliphatic rings. The first-order valence-electron chi connectivity index (χ1n) is 3.80. The molecule has 76 valence electrons. The zero-order valence-electron chi connectivity index (χ0n) is 7.08. The normalized spacial score (nSPS) is 40.8. The largest absolute Gasteiger partial charge is 0.394 e. The van der Waals surface area contributed by atoms with Gasteiger partial charge < -0.3 is 24.8 Å². The van der Waals surface area contributed by atoms with Gasteiger partial charge in [-0.25, -0.2) is 0 Å². The lowest BCUT2D eigenvalue weighted by molar-refractivity contribution is -0.247. The molecule has 1 aliphatic heterocycles. The average molecular weight is 192 g/mol. The van der Waals surface area contributed by atoms with Gasteiger partial charge in [-0.1, -0.05) is 0 Å². The zero-order chi connectivity index (χ0) is 10.0. The van der Waals surface area contributed by atoms with Crippen LogP contribution < -0.4 is 0 Å². The van der Waals surface area contributed by atoms with Crippen LogP contribution in [0.15, 0.2) is 0 Å². The summed E-state index contributed by atoms with van der Waals surface area (Å²) in [6.07, 6.45) is -5.14. The van der Waals surface area contributed by atoms with Crippen molar-refractivity contribution in [1.82, 2.24) is 0 Å². The molecule has 1 rings (SSSR count). The lowest BCUT2D eigenvalue weighted by atomic mass is 10.0. The molecule has 0 amide bonds. The maximum Gasteiger partial charge on any atom is 0.197 e. The number of ether oxygens (including phenoxy) is 2. The van der Waals surface area contributed by atoms with E-state index in [9.17, 15) is 15.0 Å². The molecule has 0 aromatic heterocycles. The van der Waals surface area contributed by atoms with E-state index in [4.69, 9.17) is 9.84 Å². The minimum absolute atomic E-state index is 0.501. The fourth-order valence-electron chi connectivity index (χ4n) is 1.14. The Balaban J connectivity index is 2.72. The molecule has 3 N–H and O–H groups in total. The minimum Gasteiger partial charge on any atom is -0.394 e. The molecule has 6 nitrogen and oxygen atoms in total. The van der Waals surface area contributed by atoms with E-state index in [1.807, 2.05) is 0 Å². The van der Waals surface area contributed by atoms with Gasteiger partial charge in [0, 0.05) is 7.11 Å². The van der Waals surface area contributed by atoms with Gasteiger partial charge in [-0.2, -0.15) is 0 Å². The summed E-state index contributed by atoms with van der Waals surface area (Å²) >= 11 is 0. The summed E-state index contributed by atoms with van der Waals surface area (Å²) in [7, 11) is 1.26. The first kappa shape index (κ1) is 10.6. The maximum atomic E-state index is 11.1. The van der Waals surface area contributed by atoms with E-state index in [-0.39, 0.29) is 0 Å². The molecular formula is C7H12O6. The lowest BCUT2D eigenvalue weighted by Crippen LogP contribution is -2.56. The first-order valence-corrected chi connectivity index (χ1v) is 3.80. The molecule has 13 heavy (non-hydrogen) atoms. The Kier molecular flexibility index (Phi) is 3.34. The molecule has 0 radical (unpaired) electrons. The quantitative estimate of drug-likeness (QED) is 0.453. The molecule has 0 aliphatic carbocycles. The van der Waals surface area contributed by atoms with Gasteiger partial charge >= 0.3 is 0 Å². The number of aliphatic hydroxyl groups excluding tert-OH is 3. The fraction of sp³-hybridized carbons (Fsp3) is 0.857. The second-order valence-corrected chi connectivity index (χ2v) is 2.75. The molecule has 0 bridgehead atoms. The third-order valence-electron chi connectivity index (χ3n) is 1.91. The van der Waals surface area contributed by atoms with E-state index in [0.717, 1.165) is 0 Å². The maximum absolute atomic E-state index is 11.1. The van der Waals surface area contributed by atoms with Crippen molar-refractivity contribution in [2.45, 2.75) is 24.6 Å². The molecular weight excluding hydrogens is 180 g/mol. The molecule has 4 atom stereocenters. The Labute approximate surface area is 74.7 Å². The standard InChI is InChI=1S/C7H12O6/c1-12-7-6(11)5(10)4(9)3(2-8)13-7/h3-4,6-9,11H,2H2,1H3/t3-,4-,6+,7-/m1/s1. The van der Waals surface area contributed by atoms with Crippen LogP contribution >= 0.6 is 0 Å². The summed E-state index contributed by atoms with van der Waals surface area (Å²) in [5, 5.41) is 27.1. The topological polar surface area (TPSA) is 96.2 Å². The van der Waals surface area contributed by atoms with E-state index in [1.54, 1.807) is 0 Å². The molecule has 1 saturated heterocycles. The van der Waals surface area contributed by atoms with Gasteiger partial charge in [-0.05, 0) is 0 Å². The zero-order valence-corrected chi connectivity index (χ0v) is 7.08. The molecule has 0 aromatic carbocycles. The van der Waals surface area contributed by atoms with Crippen LogP contribution in [0.2, 0.25) is 0 Å². The van der Waals surface area contributed by atoms with Crippen molar-refractivity contribution >= 4 is 5.78 Å². The third-order valence-corrected chi connectivity index (χ3v) is 1.91. The highest BCUT2D eigenvalue weighted by Crippen LogP contribution is 2.17. The van der Waals surface area contributed by atoms with Crippen LogP contribution in [0.5, 0.6) is 0 Å². The van der Waals surface area contributed by atoms with Gasteiger partial charge in [0.15, 0.2) is 18.2 Å². The number of hydrogen-bond donors (Lipinski definition) is 3. The SMILES string of the molecule is CO[C@@H]1O[C@H](CO)[C@@H](O)C(=O)[C@@H]1O. The van der Waals surface area contributed by atoms with E-state index in [2.05, 4.69) is 4.74 Å². The van der Waals surface area contributed by atoms with Gasteiger partial charge in [0.1, 0.15) is 12.2 Å². The van der Waals surface area contributed by atoms with Gasteiger partial charge in [0.25, 0.3) is 0 Å². The highest BCUT2D eigenvalue weighted by molar-refractivity contribution is 5.88. The highest BCUT2D eigenvalue weighted by atomic mass is 16.7. The Bertz CT molecular complexity index is 175. The van der Waals surface area contributed by atoms with Crippen LogP contribution in [0.1, 0.15) is 0 Å². The fourth-order valence-corrected chi connectivity index (χ4v) is 1.14. The van der Waals surface area contributed by atoms with Crippen molar-refractivity contribution in [3.8, 4) is 0 Å². The first-order chi connectivity index (χ1) is 6.11.